The Balaban J connectivity index is 1.58. The predicted octanol–water partition coefficient (Wildman–Crippen LogP) is 5.33. The van der Waals surface area contributed by atoms with Gasteiger partial charge in [-0.3, -0.25) is 4.57 Å². The number of methoxy groups -OCH3 is 1. The monoisotopic (exact) mass is 456 g/mol. The van der Waals surface area contributed by atoms with Crippen molar-refractivity contribution < 1.29 is 13.9 Å². The minimum atomic E-state index is -0.372. The summed E-state index contributed by atoms with van der Waals surface area (Å²) in [5.41, 5.74) is 1.33. The number of para-hydroxylation sites is 1. The van der Waals surface area contributed by atoms with E-state index < -0.39 is 0 Å². The smallest absolute Gasteiger partial charge is 0.196 e. The predicted molar refractivity (Wildman–Crippen MR) is 117 cm³/mol. The summed E-state index contributed by atoms with van der Waals surface area (Å²) in [5, 5.41) is 9.50. The van der Waals surface area contributed by atoms with Crippen LogP contribution in [0.3, 0.4) is 0 Å². The largest absolute Gasteiger partial charge is 0.497 e. The van der Waals surface area contributed by atoms with Crippen LogP contribution in [0, 0.1) is 5.82 Å². The number of benzene rings is 2. The maximum Gasteiger partial charge on any atom is 0.196 e. The molecule has 2 aromatic carbocycles. The lowest BCUT2D eigenvalue weighted by Crippen LogP contribution is -2.08. The second kappa shape index (κ2) is 9.80. The van der Waals surface area contributed by atoms with Gasteiger partial charge in [0.2, 0.25) is 0 Å². The Labute approximate surface area is 188 Å². The summed E-state index contributed by atoms with van der Waals surface area (Å²) >= 11 is 7.27. The highest BCUT2D eigenvalue weighted by Crippen LogP contribution is 2.27. The van der Waals surface area contributed by atoms with E-state index in [0.29, 0.717) is 33.3 Å². The molecular formula is C22H18ClFN4O2S. The zero-order valence-electron chi connectivity index (χ0n) is 16.5. The molecule has 4 rings (SSSR count). The molecule has 0 aliphatic heterocycles. The van der Waals surface area contributed by atoms with Crippen molar-refractivity contribution in [2.24, 2.45) is 0 Å². The molecule has 4 aromatic rings. The van der Waals surface area contributed by atoms with Crippen LogP contribution in [0.2, 0.25) is 5.15 Å². The molecule has 0 saturated carbocycles. The van der Waals surface area contributed by atoms with Crippen molar-refractivity contribution in [3.63, 3.8) is 0 Å². The zero-order chi connectivity index (χ0) is 21.6. The summed E-state index contributed by atoms with van der Waals surface area (Å²) in [4.78, 5) is 4.09. The van der Waals surface area contributed by atoms with Crippen LogP contribution in [0.1, 0.15) is 11.4 Å². The lowest BCUT2D eigenvalue weighted by atomic mass is 10.3. The van der Waals surface area contributed by atoms with E-state index in [0.717, 1.165) is 11.3 Å². The molecule has 9 heteroatoms. The maximum absolute atomic E-state index is 14.6. The first-order chi connectivity index (χ1) is 15.1. The number of halogens is 2. The lowest BCUT2D eigenvalue weighted by Gasteiger charge is -2.12. The van der Waals surface area contributed by atoms with Gasteiger partial charge >= 0.3 is 0 Å². The number of ether oxygens (including phenoxy) is 2. The van der Waals surface area contributed by atoms with Crippen molar-refractivity contribution in [2.45, 2.75) is 17.5 Å². The van der Waals surface area contributed by atoms with Gasteiger partial charge < -0.3 is 9.47 Å². The van der Waals surface area contributed by atoms with Gasteiger partial charge in [-0.25, -0.2) is 9.37 Å². The van der Waals surface area contributed by atoms with E-state index in [1.807, 2.05) is 6.07 Å². The van der Waals surface area contributed by atoms with Gasteiger partial charge in [-0.1, -0.05) is 41.6 Å². The standard InChI is InChI=1S/C22H18ClFN4O2S/c1-29-16-7-9-17(10-8-16)30-13-21-26-27-22(28(21)19-5-3-2-4-18(19)24)31-14-15-6-11-20(23)25-12-15/h2-12H,13-14H2,1H3. The van der Waals surface area contributed by atoms with Crippen LogP contribution in [0.25, 0.3) is 5.69 Å². The molecule has 0 aliphatic carbocycles. The van der Waals surface area contributed by atoms with Gasteiger partial charge in [0.05, 0.1) is 12.8 Å². The van der Waals surface area contributed by atoms with Crippen LogP contribution in [0.15, 0.2) is 72.0 Å². The quantitative estimate of drug-likeness (QED) is 0.263. The van der Waals surface area contributed by atoms with Gasteiger partial charge in [0, 0.05) is 11.9 Å². The van der Waals surface area contributed by atoms with Gasteiger partial charge in [-0.05, 0) is 48.0 Å². The summed E-state index contributed by atoms with van der Waals surface area (Å²) < 4.78 is 27.3. The van der Waals surface area contributed by atoms with Crippen molar-refractivity contribution in [3.8, 4) is 17.2 Å². The number of hydrogen-bond acceptors (Lipinski definition) is 6. The van der Waals surface area contributed by atoms with Crippen molar-refractivity contribution >= 4 is 23.4 Å². The van der Waals surface area contributed by atoms with Gasteiger partial charge in [-0.15, -0.1) is 10.2 Å². The molecule has 0 atom stereocenters. The molecule has 0 spiro atoms. The van der Waals surface area contributed by atoms with Crippen LogP contribution in [-0.4, -0.2) is 26.9 Å². The van der Waals surface area contributed by atoms with E-state index in [1.165, 1.54) is 17.8 Å². The summed E-state index contributed by atoms with van der Waals surface area (Å²) in [7, 11) is 1.60. The fraction of sp³-hybridized carbons (Fsp3) is 0.136. The fourth-order valence-corrected chi connectivity index (χ4v) is 3.83. The Morgan fingerprint density at radius 3 is 2.48 bits per heavy atom. The highest BCUT2D eigenvalue weighted by molar-refractivity contribution is 7.98. The van der Waals surface area contributed by atoms with Crippen LogP contribution in [0.4, 0.5) is 4.39 Å². The van der Waals surface area contributed by atoms with Crippen LogP contribution < -0.4 is 9.47 Å². The zero-order valence-corrected chi connectivity index (χ0v) is 18.1. The molecule has 0 saturated heterocycles. The van der Waals surface area contributed by atoms with Gasteiger partial charge in [0.15, 0.2) is 11.0 Å². The number of thioether (sulfide) groups is 1. The summed E-state index contributed by atoms with van der Waals surface area (Å²) in [6, 6.07) is 17.3. The Hall–Kier alpha value is -3.10. The van der Waals surface area contributed by atoms with E-state index in [9.17, 15) is 4.39 Å². The van der Waals surface area contributed by atoms with Crippen LogP contribution in [0.5, 0.6) is 11.5 Å². The minimum absolute atomic E-state index is 0.122. The van der Waals surface area contributed by atoms with Crippen LogP contribution >= 0.6 is 23.4 Å². The number of aromatic nitrogens is 4. The third-order valence-electron chi connectivity index (χ3n) is 4.38. The molecule has 0 bridgehead atoms. The number of hydrogen-bond donors (Lipinski definition) is 0. The Morgan fingerprint density at radius 1 is 1.00 bits per heavy atom. The first kappa shape index (κ1) is 21.1. The van der Waals surface area contributed by atoms with E-state index in [1.54, 1.807) is 66.4 Å². The minimum Gasteiger partial charge on any atom is -0.497 e. The Bertz CT molecular complexity index is 1150. The first-order valence-corrected chi connectivity index (χ1v) is 10.7. The molecule has 0 radical (unpaired) electrons. The van der Waals surface area contributed by atoms with Gasteiger partial charge in [-0.2, -0.15) is 0 Å². The normalized spacial score (nSPS) is 10.8. The highest BCUT2D eigenvalue weighted by Gasteiger charge is 2.18. The molecule has 0 amide bonds. The molecule has 6 nitrogen and oxygen atoms in total. The average molecular weight is 457 g/mol. The molecule has 158 valence electrons. The Morgan fingerprint density at radius 2 is 1.77 bits per heavy atom. The van der Waals surface area contributed by atoms with E-state index in [2.05, 4.69) is 15.2 Å². The van der Waals surface area contributed by atoms with Crippen molar-refractivity contribution in [2.75, 3.05) is 7.11 Å². The Kier molecular flexibility index (Phi) is 6.69. The topological polar surface area (TPSA) is 62.1 Å². The highest BCUT2D eigenvalue weighted by atomic mass is 35.5. The van der Waals surface area contributed by atoms with Gasteiger partial charge in [0.1, 0.15) is 29.1 Å². The molecule has 31 heavy (non-hydrogen) atoms. The fourth-order valence-electron chi connectivity index (χ4n) is 2.82. The molecule has 2 aromatic heterocycles. The summed E-state index contributed by atoms with van der Waals surface area (Å²) in [6.45, 7) is 0.122. The molecule has 0 N–H and O–H groups in total. The van der Waals surface area contributed by atoms with Gasteiger partial charge in [0.25, 0.3) is 0 Å². The van der Waals surface area contributed by atoms with Crippen molar-refractivity contribution in [3.05, 3.63) is 89.2 Å². The second-order valence-electron chi connectivity index (χ2n) is 6.43. The van der Waals surface area contributed by atoms with Crippen LogP contribution in [-0.2, 0) is 12.4 Å². The van der Waals surface area contributed by atoms with Crippen molar-refractivity contribution in [1.82, 2.24) is 19.7 Å². The average Bonchev–Trinajstić information content (AvgIpc) is 3.20. The summed E-state index contributed by atoms with van der Waals surface area (Å²) in [6.07, 6.45) is 1.70. The van der Waals surface area contributed by atoms with E-state index >= 15 is 0 Å². The van der Waals surface area contributed by atoms with E-state index in [4.69, 9.17) is 21.1 Å². The molecule has 0 aliphatic rings. The number of rotatable bonds is 8. The number of pyridine rings is 1. The third kappa shape index (κ3) is 5.15. The molecular weight excluding hydrogens is 439 g/mol. The molecule has 0 fully saturated rings. The number of nitrogens with zero attached hydrogens (tertiary/aromatic N) is 4. The molecule has 0 unspecified atom stereocenters. The molecule has 2 heterocycles. The summed E-state index contributed by atoms with van der Waals surface area (Å²) in [5.74, 6) is 2.07. The second-order valence-corrected chi connectivity index (χ2v) is 7.76. The third-order valence-corrected chi connectivity index (χ3v) is 5.60. The maximum atomic E-state index is 14.6. The van der Waals surface area contributed by atoms with Crippen molar-refractivity contribution in [1.29, 1.82) is 0 Å². The van der Waals surface area contributed by atoms with E-state index in [-0.39, 0.29) is 12.4 Å². The first-order valence-electron chi connectivity index (χ1n) is 9.33. The SMILES string of the molecule is COc1ccc(OCc2nnc(SCc3ccc(Cl)nc3)n2-c2ccccc2F)cc1. The lowest BCUT2D eigenvalue weighted by molar-refractivity contribution is 0.292.